The molecule has 0 heterocycles. The van der Waals surface area contributed by atoms with Gasteiger partial charge in [-0.15, -0.1) is 0 Å². The first-order valence-corrected chi connectivity index (χ1v) is 7.47. The van der Waals surface area contributed by atoms with E-state index in [0.717, 1.165) is 10.9 Å². The van der Waals surface area contributed by atoms with Gasteiger partial charge in [-0.25, -0.2) is 4.39 Å². The lowest BCUT2D eigenvalue weighted by Gasteiger charge is -2.18. The van der Waals surface area contributed by atoms with Crippen LogP contribution in [-0.2, 0) is 0 Å². The molecule has 2 N–H and O–H groups in total. The van der Waals surface area contributed by atoms with Crippen LogP contribution in [0.1, 0.15) is 0 Å². The minimum absolute atomic E-state index is 0.193. The molecule has 0 saturated carbocycles. The first-order chi connectivity index (χ1) is 5.41. The maximum absolute atomic E-state index is 12.8. The predicted molar refractivity (Wildman–Crippen MR) is 53.8 cm³/mol. The molecular formula is C9H14FNSi. The van der Waals surface area contributed by atoms with Crippen LogP contribution in [0.25, 0.3) is 0 Å². The Morgan fingerprint density at radius 3 is 2.25 bits per heavy atom. The summed E-state index contributed by atoms with van der Waals surface area (Å²) in [5.41, 5.74) is 6.46. The first kappa shape index (κ1) is 9.26. The number of nitrogens with two attached hydrogens (primary N) is 1. The van der Waals surface area contributed by atoms with Gasteiger partial charge in [-0.05, 0) is 23.4 Å². The van der Waals surface area contributed by atoms with E-state index in [4.69, 9.17) is 5.73 Å². The van der Waals surface area contributed by atoms with E-state index in [1.165, 1.54) is 6.07 Å². The molecule has 1 rings (SSSR count). The number of rotatable bonds is 1. The third-order valence-electron chi connectivity index (χ3n) is 1.82. The molecule has 0 atom stereocenters. The van der Waals surface area contributed by atoms with E-state index >= 15 is 0 Å². The molecule has 0 unspecified atom stereocenters. The van der Waals surface area contributed by atoms with Crippen LogP contribution in [0.4, 0.5) is 10.1 Å². The maximum atomic E-state index is 12.8. The van der Waals surface area contributed by atoms with E-state index in [1.807, 2.05) is 0 Å². The van der Waals surface area contributed by atoms with Crippen molar-refractivity contribution in [3.05, 3.63) is 24.0 Å². The second-order valence-electron chi connectivity index (χ2n) is 3.98. The van der Waals surface area contributed by atoms with Crippen molar-refractivity contribution in [1.29, 1.82) is 0 Å². The Morgan fingerprint density at radius 1 is 1.25 bits per heavy atom. The van der Waals surface area contributed by atoms with Gasteiger partial charge >= 0.3 is 0 Å². The fourth-order valence-corrected chi connectivity index (χ4v) is 2.70. The third-order valence-corrected chi connectivity index (χ3v) is 3.87. The van der Waals surface area contributed by atoms with E-state index in [9.17, 15) is 4.39 Å². The van der Waals surface area contributed by atoms with E-state index < -0.39 is 8.07 Å². The maximum Gasteiger partial charge on any atom is 0.123 e. The van der Waals surface area contributed by atoms with Crippen LogP contribution in [0.5, 0.6) is 0 Å². The van der Waals surface area contributed by atoms with Gasteiger partial charge in [0.1, 0.15) is 5.82 Å². The molecule has 0 radical (unpaired) electrons. The molecular weight excluding hydrogens is 169 g/mol. The molecule has 0 aliphatic rings. The van der Waals surface area contributed by atoms with E-state index in [-0.39, 0.29) is 5.82 Å². The molecule has 66 valence electrons. The topological polar surface area (TPSA) is 26.0 Å². The summed E-state index contributed by atoms with van der Waals surface area (Å²) < 4.78 is 12.8. The molecule has 0 aromatic heterocycles. The summed E-state index contributed by atoms with van der Waals surface area (Å²) in [6, 6.07) is 4.60. The molecule has 3 heteroatoms. The number of hydrogen-bond acceptors (Lipinski definition) is 1. The van der Waals surface area contributed by atoms with Crippen molar-refractivity contribution < 1.29 is 4.39 Å². The first-order valence-electron chi connectivity index (χ1n) is 3.97. The summed E-state index contributed by atoms with van der Waals surface area (Å²) in [6.45, 7) is 6.45. The zero-order chi connectivity index (χ0) is 9.35. The van der Waals surface area contributed by atoms with Gasteiger partial charge in [0.25, 0.3) is 0 Å². The van der Waals surface area contributed by atoms with Crippen LogP contribution in [0, 0.1) is 5.82 Å². The summed E-state index contributed by atoms with van der Waals surface area (Å²) in [4.78, 5) is 0. The Labute approximate surface area is 73.4 Å². The zero-order valence-electron chi connectivity index (χ0n) is 7.69. The number of nitrogen functional groups attached to an aromatic ring is 1. The van der Waals surface area contributed by atoms with Crippen LogP contribution in [-0.4, -0.2) is 8.07 Å². The SMILES string of the molecule is C[Si](C)(C)c1cc(F)ccc1N. The lowest BCUT2D eigenvalue weighted by molar-refractivity contribution is 0.629. The molecule has 0 aliphatic carbocycles. The summed E-state index contributed by atoms with van der Waals surface area (Å²) in [6.07, 6.45) is 0. The van der Waals surface area contributed by atoms with E-state index in [0.29, 0.717) is 0 Å². The van der Waals surface area contributed by atoms with Crippen LogP contribution in [0.15, 0.2) is 18.2 Å². The number of benzene rings is 1. The number of halogens is 1. The van der Waals surface area contributed by atoms with Gasteiger partial charge < -0.3 is 5.73 Å². The van der Waals surface area contributed by atoms with Gasteiger partial charge in [0.2, 0.25) is 0 Å². The predicted octanol–water partition coefficient (Wildman–Crippen LogP) is 1.95. The average molecular weight is 183 g/mol. The minimum Gasteiger partial charge on any atom is -0.399 e. The van der Waals surface area contributed by atoms with Gasteiger partial charge in [0.05, 0.1) is 8.07 Å². The minimum atomic E-state index is -1.47. The van der Waals surface area contributed by atoms with Crippen molar-refractivity contribution in [3.63, 3.8) is 0 Å². The average Bonchev–Trinajstić information content (AvgIpc) is 1.92. The quantitative estimate of drug-likeness (QED) is 0.522. The van der Waals surface area contributed by atoms with Gasteiger partial charge in [-0.2, -0.15) is 0 Å². The molecule has 1 nitrogen and oxygen atoms in total. The molecule has 1 aromatic rings. The van der Waals surface area contributed by atoms with Crippen molar-refractivity contribution in [3.8, 4) is 0 Å². The molecule has 12 heavy (non-hydrogen) atoms. The van der Waals surface area contributed by atoms with Gasteiger partial charge in [0.15, 0.2) is 0 Å². The number of hydrogen-bond donors (Lipinski definition) is 1. The molecule has 1 aromatic carbocycles. The summed E-state index contributed by atoms with van der Waals surface area (Å²) in [5.74, 6) is -0.193. The summed E-state index contributed by atoms with van der Waals surface area (Å²) >= 11 is 0. The summed E-state index contributed by atoms with van der Waals surface area (Å²) in [7, 11) is -1.47. The lowest BCUT2D eigenvalue weighted by atomic mass is 10.3. The Balaban J connectivity index is 3.23. The Hall–Kier alpha value is -0.833. The van der Waals surface area contributed by atoms with Crippen molar-refractivity contribution in [2.45, 2.75) is 19.6 Å². The molecule has 0 bridgehead atoms. The second-order valence-corrected chi connectivity index (χ2v) is 9.02. The van der Waals surface area contributed by atoms with E-state index in [1.54, 1.807) is 12.1 Å². The summed E-state index contributed by atoms with van der Waals surface area (Å²) in [5, 5.41) is 1.00. The fraction of sp³-hybridized carbons (Fsp3) is 0.333. The monoisotopic (exact) mass is 183 g/mol. The molecule has 0 fully saturated rings. The Kier molecular flexibility index (Phi) is 2.24. The zero-order valence-corrected chi connectivity index (χ0v) is 8.69. The second kappa shape index (κ2) is 2.90. The van der Waals surface area contributed by atoms with Crippen LogP contribution < -0.4 is 10.9 Å². The normalized spacial score (nSPS) is 11.7. The molecule has 0 aliphatic heterocycles. The highest BCUT2D eigenvalue weighted by atomic mass is 28.3. The van der Waals surface area contributed by atoms with Crippen molar-refractivity contribution in [2.24, 2.45) is 0 Å². The Morgan fingerprint density at radius 2 is 1.83 bits per heavy atom. The van der Waals surface area contributed by atoms with Crippen molar-refractivity contribution in [2.75, 3.05) is 5.73 Å². The number of anilines is 1. The standard InChI is InChI=1S/C9H14FNSi/c1-12(2,3)9-6-7(10)4-5-8(9)11/h4-6H,11H2,1-3H3. The lowest BCUT2D eigenvalue weighted by Crippen LogP contribution is -2.39. The van der Waals surface area contributed by atoms with Gasteiger partial charge in [-0.3, -0.25) is 0 Å². The van der Waals surface area contributed by atoms with Crippen LogP contribution in [0.2, 0.25) is 19.6 Å². The van der Waals surface area contributed by atoms with E-state index in [2.05, 4.69) is 19.6 Å². The van der Waals surface area contributed by atoms with Crippen molar-refractivity contribution >= 4 is 18.9 Å². The van der Waals surface area contributed by atoms with Gasteiger partial charge in [-0.1, -0.05) is 19.6 Å². The van der Waals surface area contributed by atoms with Gasteiger partial charge in [0, 0.05) is 5.69 Å². The highest BCUT2D eigenvalue weighted by molar-refractivity contribution is 6.89. The van der Waals surface area contributed by atoms with Crippen molar-refractivity contribution in [1.82, 2.24) is 0 Å². The highest BCUT2D eigenvalue weighted by Gasteiger charge is 2.19. The molecule has 0 amide bonds. The molecule has 0 saturated heterocycles. The van der Waals surface area contributed by atoms with Crippen LogP contribution in [0.3, 0.4) is 0 Å². The fourth-order valence-electron chi connectivity index (χ4n) is 1.18. The van der Waals surface area contributed by atoms with Crippen LogP contribution >= 0.6 is 0 Å². The smallest absolute Gasteiger partial charge is 0.123 e. The Bertz CT molecular complexity index is 291. The third kappa shape index (κ3) is 1.85. The largest absolute Gasteiger partial charge is 0.399 e. The molecule has 0 spiro atoms. The highest BCUT2D eigenvalue weighted by Crippen LogP contribution is 2.10.